The molecule has 3 aromatic carbocycles. The number of para-hydroxylation sites is 2. The van der Waals surface area contributed by atoms with Gasteiger partial charge in [0.25, 0.3) is 0 Å². The van der Waals surface area contributed by atoms with Gasteiger partial charge in [-0.2, -0.15) is 0 Å². The summed E-state index contributed by atoms with van der Waals surface area (Å²) in [4.78, 5) is 19.7. The van der Waals surface area contributed by atoms with Crippen molar-refractivity contribution in [3.8, 4) is 5.75 Å². The van der Waals surface area contributed by atoms with E-state index in [2.05, 4.69) is 30.5 Å². The molecule has 6 heteroatoms. The highest BCUT2D eigenvalue weighted by atomic mass is 35.5. The zero-order valence-electron chi connectivity index (χ0n) is 20.2. The molecule has 0 aliphatic carbocycles. The Labute approximate surface area is 211 Å². The summed E-state index contributed by atoms with van der Waals surface area (Å²) in [6.07, 6.45) is 2.38. The zero-order chi connectivity index (χ0) is 24.4. The largest absolute Gasteiger partial charge is 0.493 e. The summed E-state index contributed by atoms with van der Waals surface area (Å²) in [7, 11) is 0. The number of fused-ring (bicyclic) bond motifs is 1. The standard InChI is InChI=1S/C29H30ClN3O2/c1-20-8-7-11-27(21(20)2)35-17-6-5-16-32-26-10-4-3-9-25(26)31-29(32)22-18-28(34)33(19-22)24-14-12-23(30)13-15-24/h3-4,7-15,22H,5-6,16-19H2,1-2H3. The molecule has 0 radical (unpaired) electrons. The number of carbonyl (C=O) groups is 1. The Hall–Kier alpha value is -3.31. The second kappa shape index (κ2) is 10.1. The average Bonchev–Trinajstić information content (AvgIpc) is 3.42. The van der Waals surface area contributed by atoms with Crippen LogP contribution in [0.25, 0.3) is 11.0 Å². The van der Waals surface area contributed by atoms with Crippen molar-refractivity contribution < 1.29 is 9.53 Å². The van der Waals surface area contributed by atoms with Crippen molar-refractivity contribution in [2.24, 2.45) is 0 Å². The first-order valence-electron chi connectivity index (χ1n) is 12.2. The molecule has 1 unspecified atom stereocenters. The van der Waals surface area contributed by atoms with E-state index in [4.69, 9.17) is 21.3 Å². The number of halogens is 1. The van der Waals surface area contributed by atoms with E-state index >= 15 is 0 Å². The van der Waals surface area contributed by atoms with Crippen molar-refractivity contribution in [2.45, 2.75) is 45.6 Å². The molecule has 1 aliphatic heterocycles. The van der Waals surface area contributed by atoms with Gasteiger partial charge in [0.15, 0.2) is 0 Å². The van der Waals surface area contributed by atoms with Gasteiger partial charge in [-0.25, -0.2) is 4.98 Å². The molecule has 4 aromatic rings. The maximum atomic E-state index is 12.9. The maximum absolute atomic E-state index is 12.9. The Balaban J connectivity index is 1.29. The SMILES string of the molecule is Cc1cccc(OCCCCn2c(C3CC(=O)N(c4ccc(Cl)cc4)C3)nc3ccccc32)c1C. The molecule has 1 amide bonds. The maximum Gasteiger partial charge on any atom is 0.227 e. The van der Waals surface area contributed by atoms with E-state index in [-0.39, 0.29) is 11.8 Å². The molecule has 5 rings (SSSR count). The number of anilines is 1. The molecule has 5 nitrogen and oxygen atoms in total. The fraction of sp³-hybridized carbons (Fsp3) is 0.310. The molecular formula is C29H30ClN3O2. The fourth-order valence-electron chi connectivity index (χ4n) is 4.83. The van der Waals surface area contributed by atoms with Crippen LogP contribution in [0.4, 0.5) is 5.69 Å². The summed E-state index contributed by atoms with van der Waals surface area (Å²) in [5.74, 6) is 2.13. The minimum atomic E-state index is 0.0526. The molecule has 0 bridgehead atoms. The van der Waals surface area contributed by atoms with Gasteiger partial charge in [0, 0.05) is 36.1 Å². The second-order valence-corrected chi connectivity index (χ2v) is 9.68. The molecular weight excluding hydrogens is 458 g/mol. The number of hydrogen-bond donors (Lipinski definition) is 0. The number of benzene rings is 3. The Morgan fingerprint density at radius 1 is 1.00 bits per heavy atom. The molecule has 1 fully saturated rings. The van der Waals surface area contributed by atoms with Crippen molar-refractivity contribution in [3.63, 3.8) is 0 Å². The normalized spacial score (nSPS) is 15.8. The summed E-state index contributed by atoms with van der Waals surface area (Å²) in [6.45, 7) is 6.36. The molecule has 0 saturated carbocycles. The summed E-state index contributed by atoms with van der Waals surface area (Å²) in [6, 6.07) is 21.9. The lowest BCUT2D eigenvalue weighted by Gasteiger charge is -2.17. The lowest BCUT2D eigenvalue weighted by molar-refractivity contribution is -0.117. The second-order valence-electron chi connectivity index (χ2n) is 9.25. The predicted octanol–water partition coefficient (Wildman–Crippen LogP) is 6.69. The highest BCUT2D eigenvalue weighted by Crippen LogP contribution is 2.34. The van der Waals surface area contributed by atoms with E-state index in [9.17, 15) is 4.79 Å². The van der Waals surface area contributed by atoms with Crippen LogP contribution in [-0.4, -0.2) is 28.6 Å². The highest BCUT2D eigenvalue weighted by Gasteiger charge is 2.34. The van der Waals surface area contributed by atoms with Crippen LogP contribution in [0.3, 0.4) is 0 Å². The van der Waals surface area contributed by atoms with E-state index < -0.39 is 0 Å². The predicted molar refractivity (Wildman–Crippen MR) is 142 cm³/mol. The van der Waals surface area contributed by atoms with Crippen molar-refractivity contribution >= 4 is 34.2 Å². The van der Waals surface area contributed by atoms with Crippen LogP contribution in [0.2, 0.25) is 5.02 Å². The van der Waals surface area contributed by atoms with E-state index in [1.165, 1.54) is 11.1 Å². The summed E-state index contributed by atoms with van der Waals surface area (Å²) >= 11 is 6.04. The third-order valence-corrected chi connectivity index (χ3v) is 7.15. The summed E-state index contributed by atoms with van der Waals surface area (Å²) < 4.78 is 8.36. The first-order chi connectivity index (χ1) is 17.0. The van der Waals surface area contributed by atoms with Crippen molar-refractivity contribution in [1.82, 2.24) is 9.55 Å². The third-order valence-electron chi connectivity index (χ3n) is 6.90. The number of ether oxygens (including phenoxy) is 1. The average molecular weight is 488 g/mol. The third kappa shape index (κ3) is 4.92. The van der Waals surface area contributed by atoms with Gasteiger partial charge < -0.3 is 14.2 Å². The number of aryl methyl sites for hydroxylation is 2. The topological polar surface area (TPSA) is 47.4 Å². The Morgan fingerprint density at radius 3 is 2.63 bits per heavy atom. The Bertz CT molecular complexity index is 1350. The monoisotopic (exact) mass is 487 g/mol. The van der Waals surface area contributed by atoms with E-state index in [1.54, 1.807) is 0 Å². The molecule has 180 valence electrons. The van der Waals surface area contributed by atoms with E-state index in [0.717, 1.165) is 47.7 Å². The number of unbranched alkanes of at least 4 members (excludes halogenated alkanes) is 1. The molecule has 1 aromatic heterocycles. The number of imidazole rings is 1. The van der Waals surface area contributed by atoms with Crippen LogP contribution < -0.4 is 9.64 Å². The Kier molecular flexibility index (Phi) is 6.78. The van der Waals surface area contributed by atoms with Gasteiger partial charge in [0.1, 0.15) is 11.6 Å². The quantitative estimate of drug-likeness (QED) is 0.260. The Morgan fingerprint density at radius 2 is 1.80 bits per heavy atom. The van der Waals surface area contributed by atoms with Crippen molar-refractivity contribution in [3.05, 3.63) is 88.7 Å². The van der Waals surface area contributed by atoms with Gasteiger partial charge in [0.05, 0.1) is 17.6 Å². The smallest absolute Gasteiger partial charge is 0.227 e. The summed E-state index contributed by atoms with van der Waals surface area (Å²) in [5.41, 5.74) is 5.43. The van der Waals surface area contributed by atoms with Gasteiger partial charge >= 0.3 is 0 Å². The summed E-state index contributed by atoms with van der Waals surface area (Å²) in [5, 5.41) is 0.667. The van der Waals surface area contributed by atoms with Crippen LogP contribution in [0.15, 0.2) is 66.7 Å². The molecule has 35 heavy (non-hydrogen) atoms. The molecule has 1 atom stereocenters. The first kappa shape index (κ1) is 23.4. The van der Waals surface area contributed by atoms with Crippen LogP contribution in [0, 0.1) is 13.8 Å². The lowest BCUT2D eigenvalue weighted by Crippen LogP contribution is -2.24. The molecule has 1 aliphatic rings. The minimum Gasteiger partial charge on any atom is -0.493 e. The van der Waals surface area contributed by atoms with Gasteiger partial charge in [-0.1, -0.05) is 35.9 Å². The molecule has 0 N–H and O–H groups in total. The molecule has 2 heterocycles. The molecule has 1 saturated heterocycles. The van der Waals surface area contributed by atoms with E-state index in [1.807, 2.05) is 59.5 Å². The van der Waals surface area contributed by atoms with Crippen molar-refractivity contribution in [2.75, 3.05) is 18.1 Å². The van der Waals surface area contributed by atoms with E-state index in [0.29, 0.717) is 24.6 Å². The number of carbonyl (C=O) groups excluding carboxylic acids is 1. The van der Waals surface area contributed by atoms with Crippen LogP contribution in [0.5, 0.6) is 5.75 Å². The van der Waals surface area contributed by atoms with Crippen LogP contribution in [-0.2, 0) is 11.3 Å². The zero-order valence-corrected chi connectivity index (χ0v) is 21.0. The van der Waals surface area contributed by atoms with Crippen LogP contribution >= 0.6 is 11.6 Å². The number of rotatable bonds is 8. The number of nitrogens with zero attached hydrogens (tertiary/aromatic N) is 3. The van der Waals surface area contributed by atoms with Gasteiger partial charge in [0.2, 0.25) is 5.91 Å². The minimum absolute atomic E-state index is 0.0526. The number of amides is 1. The van der Waals surface area contributed by atoms with Gasteiger partial charge in [-0.05, 0) is 80.3 Å². The lowest BCUT2D eigenvalue weighted by atomic mass is 10.1. The van der Waals surface area contributed by atoms with Crippen molar-refractivity contribution in [1.29, 1.82) is 0 Å². The number of aromatic nitrogens is 2. The van der Waals surface area contributed by atoms with Gasteiger partial charge in [-0.3, -0.25) is 4.79 Å². The van der Waals surface area contributed by atoms with Crippen LogP contribution in [0.1, 0.15) is 42.1 Å². The van der Waals surface area contributed by atoms with Gasteiger partial charge in [-0.15, -0.1) is 0 Å². The number of hydrogen-bond acceptors (Lipinski definition) is 3. The fourth-order valence-corrected chi connectivity index (χ4v) is 4.95. The molecule has 0 spiro atoms. The first-order valence-corrected chi connectivity index (χ1v) is 12.6. The highest BCUT2D eigenvalue weighted by molar-refractivity contribution is 6.30.